The highest BCUT2D eigenvalue weighted by Crippen LogP contribution is 2.25. The van der Waals surface area contributed by atoms with Crippen LogP contribution in [0.2, 0.25) is 0 Å². The minimum atomic E-state index is -0.583. The summed E-state index contributed by atoms with van der Waals surface area (Å²) in [4.78, 5) is 15.2. The predicted octanol–water partition coefficient (Wildman–Crippen LogP) is 0.205. The van der Waals surface area contributed by atoms with Gasteiger partial charge in [0.15, 0.2) is 0 Å². The van der Waals surface area contributed by atoms with Crippen LogP contribution in [0.3, 0.4) is 0 Å². The number of carbonyl (C=O) groups excluding carboxylic acids is 1. The number of likely N-dealkylation sites (tertiary alicyclic amines) is 1. The van der Waals surface area contributed by atoms with Crippen molar-refractivity contribution in [2.75, 3.05) is 33.2 Å². The first kappa shape index (κ1) is 13.9. The van der Waals surface area contributed by atoms with Gasteiger partial charge in [-0.15, -0.1) is 0 Å². The Balaban J connectivity index is 2.24. The van der Waals surface area contributed by atoms with E-state index in [0.29, 0.717) is 32.6 Å². The van der Waals surface area contributed by atoms with Gasteiger partial charge >= 0.3 is 0 Å². The Labute approximate surface area is 103 Å². The number of likely N-dealkylation sites (N-methyl/N-ethyl adjacent to an activating group) is 1. The summed E-state index contributed by atoms with van der Waals surface area (Å²) in [7, 11) is 1.71. The van der Waals surface area contributed by atoms with Crippen molar-refractivity contribution in [2.24, 2.45) is 0 Å². The number of nitriles is 1. The van der Waals surface area contributed by atoms with Crippen LogP contribution in [0.25, 0.3) is 0 Å². The number of aliphatic hydroxyl groups is 1. The molecular weight excluding hydrogens is 218 g/mol. The molecule has 0 unspecified atom stereocenters. The number of hydrogen-bond acceptors (Lipinski definition) is 4. The molecule has 0 aromatic carbocycles. The van der Waals surface area contributed by atoms with E-state index in [9.17, 15) is 9.90 Å². The molecule has 0 aromatic heterocycles. The molecule has 96 valence electrons. The highest BCUT2D eigenvalue weighted by molar-refractivity contribution is 5.78. The second-order valence-electron chi connectivity index (χ2n) is 4.84. The molecule has 0 bridgehead atoms. The Morgan fingerprint density at radius 1 is 1.59 bits per heavy atom. The maximum Gasteiger partial charge on any atom is 0.236 e. The molecule has 5 heteroatoms. The molecule has 1 heterocycles. The van der Waals surface area contributed by atoms with Crippen LogP contribution >= 0.6 is 0 Å². The number of hydrogen-bond donors (Lipinski definition) is 1. The zero-order valence-electron chi connectivity index (χ0n) is 10.6. The standard InChI is InChI=1S/C12H21N3O2/c1-3-5-12(17)9-15(10-12)8-11(16)14(2)7-4-6-13/h17H,3-5,7-10H2,1-2H3. The first-order valence-corrected chi connectivity index (χ1v) is 6.06. The van der Waals surface area contributed by atoms with E-state index in [2.05, 4.69) is 0 Å². The van der Waals surface area contributed by atoms with Crippen molar-refractivity contribution in [3.63, 3.8) is 0 Å². The molecule has 0 atom stereocenters. The smallest absolute Gasteiger partial charge is 0.236 e. The molecule has 5 nitrogen and oxygen atoms in total. The topological polar surface area (TPSA) is 67.6 Å². The van der Waals surface area contributed by atoms with Gasteiger partial charge in [-0.1, -0.05) is 13.3 Å². The first-order chi connectivity index (χ1) is 8.00. The second kappa shape index (κ2) is 5.99. The summed E-state index contributed by atoms with van der Waals surface area (Å²) in [6.45, 7) is 4.02. The van der Waals surface area contributed by atoms with Crippen molar-refractivity contribution in [3.05, 3.63) is 0 Å². The quantitative estimate of drug-likeness (QED) is 0.719. The average Bonchev–Trinajstić information content (AvgIpc) is 2.23. The average molecular weight is 239 g/mol. The van der Waals surface area contributed by atoms with Gasteiger partial charge in [0.05, 0.1) is 24.6 Å². The van der Waals surface area contributed by atoms with E-state index in [1.54, 1.807) is 11.9 Å². The van der Waals surface area contributed by atoms with Crippen LogP contribution in [-0.2, 0) is 4.79 Å². The molecule has 0 aliphatic carbocycles. The largest absolute Gasteiger partial charge is 0.387 e. The van der Waals surface area contributed by atoms with Crippen molar-refractivity contribution < 1.29 is 9.90 Å². The van der Waals surface area contributed by atoms with Gasteiger partial charge in [-0.25, -0.2) is 0 Å². The summed E-state index contributed by atoms with van der Waals surface area (Å²) in [5, 5.41) is 18.4. The van der Waals surface area contributed by atoms with Gasteiger partial charge in [0.25, 0.3) is 0 Å². The monoisotopic (exact) mass is 239 g/mol. The van der Waals surface area contributed by atoms with E-state index in [-0.39, 0.29) is 5.91 Å². The minimum absolute atomic E-state index is 0.0128. The van der Waals surface area contributed by atoms with Gasteiger partial charge in [0.1, 0.15) is 0 Å². The number of amides is 1. The van der Waals surface area contributed by atoms with Crippen LogP contribution in [0.4, 0.5) is 0 Å². The first-order valence-electron chi connectivity index (χ1n) is 6.06. The third-order valence-electron chi connectivity index (χ3n) is 3.09. The van der Waals surface area contributed by atoms with Crippen LogP contribution < -0.4 is 0 Å². The summed E-state index contributed by atoms with van der Waals surface area (Å²) in [6.07, 6.45) is 2.12. The van der Waals surface area contributed by atoms with Crippen LogP contribution in [0.5, 0.6) is 0 Å². The third kappa shape index (κ3) is 3.99. The van der Waals surface area contributed by atoms with Gasteiger partial charge in [-0.3, -0.25) is 9.69 Å². The molecule has 1 fully saturated rings. The minimum Gasteiger partial charge on any atom is -0.387 e. The van der Waals surface area contributed by atoms with Gasteiger partial charge in [-0.05, 0) is 6.42 Å². The van der Waals surface area contributed by atoms with Crippen LogP contribution in [-0.4, -0.2) is 59.6 Å². The predicted molar refractivity (Wildman–Crippen MR) is 64.2 cm³/mol. The Hall–Kier alpha value is -1.12. The van der Waals surface area contributed by atoms with Crippen LogP contribution in [0.1, 0.15) is 26.2 Å². The summed E-state index contributed by atoms with van der Waals surface area (Å²) in [6, 6.07) is 2.02. The SMILES string of the molecule is CCCC1(O)CN(CC(=O)N(C)CCC#N)C1. The molecule has 0 saturated carbocycles. The van der Waals surface area contributed by atoms with Crippen molar-refractivity contribution in [1.29, 1.82) is 5.26 Å². The Morgan fingerprint density at radius 2 is 2.24 bits per heavy atom. The van der Waals surface area contributed by atoms with Crippen molar-refractivity contribution in [1.82, 2.24) is 9.80 Å². The molecule has 1 rings (SSSR count). The van der Waals surface area contributed by atoms with E-state index in [4.69, 9.17) is 5.26 Å². The van der Waals surface area contributed by atoms with Crippen LogP contribution in [0, 0.1) is 11.3 Å². The Bertz CT molecular complexity index is 305. The Kier molecular flexibility index (Phi) is 4.91. The molecule has 1 saturated heterocycles. The third-order valence-corrected chi connectivity index (χ3v) is 3.09. The van der Waals surface area contributed by atoms with E-state index >= 15 is 0 Å². The summed E-state index contributed by atoms with van der Waals surface area (Å²) >= 11 is 0. The molecule has 0 aromatic rings. The molecule has 1 amide bonds. The maximum atomic E-state index is 11.7. The second-order valence-corrected chi connectivity index (χ2v) is 4.84. The number of rotatable bonds is 6. The number of nitrogens with zero attached hydrogens (tertiary/aromatic N) is 3. The van der Waals surface area contributed by atoms with Gasteiger partial charge in [0, 0.05) is 26.7 Å². The van der Waals surface area contributed by atoms with Crippen molar-refractivity contribution in [3.8, 4) is 6.07 Å². The molecule has 0 spiro atoms. The fourth-order valence-corrected chi connectivity index (χ4v) is 2.18. The molecule has 0 radical (unpaired) electrons. The van der Waals surface area contributed by atoms with Crippen molar-refractivity contribution in [2.45, 2.75) is 31.8 Å². The summed E-state index contributed by atoms with van der Waals surface area (Å²) in [5.74, 6) is 0.0128. The number of carbonyl (C=O) groups is 1. The summed E-state index contributed by atoms with van der Waals surface area (Å²) < 4.78 is 0. The lowest BCUT2D eigenvalue weighted by Gasteiger charge is -2.46. The van der Waals surface area contributed by atoms with Gasteiger partial charge in [0.2, 0.25) is 5.91 Å². The summed E-state index contributed by atoms with van der Waals surface area (Å²) in [5.41, 5.74) is -0.583. The van der Waals surface area contributed by atoms with E-state index in [1.807, 2.05) is 17.9 Å². The van der Waals surface area contributed by atoms with E-state index in [1.165, 1.54) is 0 Å². The van der Waals surface area contributed by atoms with E-state index in [0.717, 1.165) is 12.8 Å². The van der Waals surface area contributed by atoms with Crippen LogP contribution in [0.15, 0.2) is 0 Å². The zero-order valence-corrected chi connectivity index (χ0v) is 10.6. The van der Waals surface area contributed by atoms with E-state index < -0.39 is 5.60 Å². The highest BCUT2D eigenvalue weighted by atomic mass is 16.3. The molecule has 1 aliphatic heterocycles. The number of β-amino-alcohol motifs (C(OH)–C–C–N with tert-alkyl or cyclic N) is 1. The highest BCUT2D eigenvalue weighted by Gasteiger charge is 2.40. The van der Waals surface area contributed by atoms with Gasteiger partial charge in [-0.2, -0.15) is 5.26 Å². The normalized spacial score (nSPS) is 18.2. The fraction of sp³-hybridized carbons (Fsp3) is 0.833. The Morgan fingerprint density at radius 3 is 2.76 bits per heavy atom. The lowest BCUT2D eigenvalue weighted by atomic mass is 9.89. The molecular formula is C12H21N3O2. The van der Waals surface area contributed by atoms with Gasteiger partial charge < -0.3 is 10.0 Å². The molecule has 1 aliphatic rings. The fourth-order valence-electron chi connectivity index (χ4n) is 2.18. The van der Waals surface area contributed by atoms with Crippen molar-refractivity contribution >= 4 is 5.91 Å². The molecule has 17 heavy (non-hydrogen) atoms. The lowest BCUT2D eigenvalue weighted by Crippen LogP contribution is -2.63. The lowest BCUT2D eigenvalue weighted by molar-refractivity contribution is -0.141. The zero-order chi connectivity index (χ0) is 12.9. The molecule has 1 N–H and O–H groups in total. The maximum absolute atomic E-state index is 11.7.